The molecule has 27 valence electrons. The summed E-state index contributed by atoms with van der Waals surface area (Å²) in [6, 6.07) is 0. The summed E-state index contributed by atoms with van der Waals surface area (Å²) in [6.07, 6.45) is 0. The molecule has 0 rings (SSSR count). The number of hydrogen-bond acceptors (Lipinski definition) is 0. The second-order valence-corrected chi connectivity index (χ2v) is 1.60. The first-order chi connectivity index (χ1) is 1.41. The van der Waals surface area contributed by atoms with E-state index < -0.39 is 0 Å². The maximum absolute atomic E-state index is 4.67. The molecule has 0 aliphatic carbocycles. The SMILES string of the molecule is [Cl][Cu][Cl].[Hg]. The van der Waals surface area contributed by atoms with E-state index in [2.05, 4.69) is 20.2 Å². The van der Waals surface area contributed by atoms with Crippen LogP contribution < -0.4 is 0 Å². The van der Waals surface area contributed by atoms with E-state index in [4.69, 9.17) is 0 Å². The van der Waals surface area contributed by atoms with Gasteiger partial charge in [0.25, 0.3) is 0 Å². The quantitative estimate of drug-likeness (QED) is 0.587. The van der Waals surface area contributed by atoms with Crippen LogP contribution in [0.1, 0.15) is 0 Å². The standard InChI is InChI=1S/2ClH.Cu.Hg/h2*1H;;/q;;+2;/p-2. The Kier molecular flexibility index (Phi) is 20.9. The van der Waals surface area contributed by atoms with E-state index in [9.17, 15) is 0 Å². The van der Waals surface area contributed by atoms with E-state index in [0.29, 0.717) is 0 Å². The van der Waals surface area contributed by atoms with Crippen molar-refractivity contribution in [3.05, 3.63) is 0 Å². The Bertz CT molecular complexity index is 6.00. The van der Waals surface area contributed by atoms with Crippen molar-refractivity contribution in [3.63, 3.8) is 0 Å². The zero-order valence-electron chi connectivity index (χ0n) is 1.76. The van der Waals surface area contributed by atoms with Crippen molar-refractivity contribution in [1.82, 2.24) is 0 Å². The molecule has 0 N–H and O–H groups in total. The number of halogens is 2. The van der Waals surface area contributed by atoms with Crippen molar-refractivity contribution in [2.45, 2.75) is 0 Å². The topological polar surface area (TPSA) is 0 Å². The monoisotopic (exact) mass is 335 g/mol. The Balaban J connectivity index is 0. The van der Waals surface area contributed by atoms with E-state index >= 15 is 0 Å². The zero-order chi connectivity index (χ0) is 2.71. The van der Waals surface area contributed by atoms with E-state index in [1.165, 1.54) is 0 Å². The molecule has 0 aliphatic heterocycles. The van der Waals surface area contributed by atoms with Crippen LogP contribution in [0.3, 0.4) is 0 Å². The van der Waals surface area contributed by atoms with Crippen molar-refractivity contribution in [1.29, 1.82) is 0 Å². The van der Waals surface area contributed by atoms with Crippen LogP contribution in [0.5, 0.6) is 0 Å². The zero-order valence-corrected chi connectivity index (χ0v) is 9.72. The van der Waals surface area contributed by atoms with Gasteiger partial charge in [0.05, 0.1) is 0 Å². The largest absolute Gasteiger partial charge is 0 e. The van der Waals surface area contributed by atoms with Crippen LogP contribution in [0, 0.1) is 0 Å². The molecular formula is Cl2CuHg. The molecular weight excluding hydrogens is 335 g/mol. The van der Waals surface area contributed by atoms with Crippen molar-refractivity contribution < 1.29 is 40.8 Å². The first-order valence-electron chi connectivity index (χ1n) is 0.228. The van der Waals surface area contributed by atoms with Crippen LogP contribution in [0.15, 0.2) is 0 Å². The van der Waals surface area contributed by atoms with E-state index in [1.54, 1.807) is 0 Å². The van der Waals surface area contributed by atoms with E-state index in [0.717, 1.165) is 13.1 Å². The fraction of sp³-hybridized carbons (Fsp3) is 0. The van der Waals surface area contributed by atoms with Crippen LogP contribution >= 0.6 is 20.2 Å². The minimum Gasteiger partial charge on any atom is 0 e. The summed E-state index contributed by atoms with van der Waals surface area (Å²) in [5.41, 5.74) is 0. The second kappa shape index (κ2) is 8.90. The third kappa shape index (κ3) is 8.98. The summed E-state index contributed by atoms with van der Waals surface area (Å²) in [5.74, 6) is 0. The Labute approximate surface area is 60.3 Å². The molecule has 0 aromatic carbocycles. The van der Waals surface area contributed by atoms with E-state index in [1.807, 2.05) is 0 Å². The van der Waals surface area contributed by atoms with Gasteiger partial charge in [-0.1, -0.05) is 0 Å². The number of hydrogen-bond donors (Lipinski definition) is 0. The molecule has 0 radical (unpaired) electrons. The molecule has 0 saturated carbocycles. The first-order valence-corrected chi connectivity index (χ1v) is 2.82. The number of rotatable bonds is 0. The summed E-state index contributed by atoms with van der Waals surface area (Å²) in [4.78, 5) is 0. The summed E-state index contributed by atoms with van der Waals surface area (Å²) in [6.45, 7) is 0. The summed E-state index contributed by atoms with van der Waals surface area (Å²) < 4.78 is 0. The molecule has 0 atom stereocenters. The predicted octanol–water partition coefficient (Wildman–Crippen LogP) is 1.37. The molecule has 4 heavy (non-hydrogen) atoms. The third-order valence-electron chi connectivity index (χ3n) is 0. The summed E-state index contributed by atoms with van der Waals surface area (Å²) in [5, 5.41) is 0. The molecule has 0 heterocycles. The molecule has 0 nitrogen and oxygen atoms in total. The summed E-state index contributed by atoms with van der Waals surface area (Å²) >= 11 is 0.757. The predicted molar refractivity (Wildman–Crippen MR) is 11.7 cm³/mol. The fourth-order valence-electron chi connectivity index (χ4n) is 0. The van der Waals surface area contributed by atoms with Crippen LogP contribution in [0.25, 0.3) is 0 Å². The Morgan fingerprint density at radius 1 is 1.25 bits per heavy atom. The van der Waals surface area contributed by atoms with E-state index in [-0.39, 0.29) is 27.7 Å². The van der Waals surface area contributed by atoms with Crippen molar-refractivity contribution in [3.8, 4) is 0 Å². The van der Waals surface area contributed by atoms with Gasteiger partial charge >= 0.3 is 33.3 Å². The fourth-order valence-corrected chi connectivity index (χ4v) is 0. The van der Waals surface area contributed by atoms with Crippen molar-refractivity contribution in [2.75, 3.05) is 0 Å². The molecule has 0 saturated heterocycles. The normalized spacial score (nSPS) is 5.50. The minimum absolute atomic E-state index is 0. The minimum atomic E-state index is 0. The molecule has 0 amide bonds. The van der Waals surface area contributed by atoms with Gasteiger partial charge in [0, 0.05) is 27.7 Å². The van der Waals surface area contributed by atoms with Gasteiger partial charge in [0.1, 0.15) is 0 Å². The van der Waals surface area contributed by atoms with Gasteiger partial charge in [-0.05, 0) is 0 Å². The molecule has 0 bridgehead atoms. The molecule has 0 aliphatic rings. The van der Waals surface area contributed by atoms with Crippen molar-refractivity contribution >= 4 is 20.2 Å². The van der Waals surface area contributed by atoms with Gasteiger partial charge in [-0.25, -0.2) is 0 Å². The maximum Gasteiger partial charge on any atom is 0 e. The molecule has 0 aromatic heterocycles. The van der Waals surface area contributed by atoms with Crippen molar-refractivity contribution in [2.24, 2.45) is 0 Å². The summed E-state index contributed by atoms with van der Waals surface area (Å²) in [7, 11) is 9.34. The van der Waals surface area contributed by atoms with Gasteiger partial charge in [-0.15, -0.1) is 0 Å². The van der Waals surface area contributed by atoms with Gasteiger partial charge in [-0.3, -0.25) is 0 Å². The average molecular weight is 335 g/mol. The maximum atomic E-state index is 4.67. The van der Waals surface area contributed by atoms with Crippen LogP contribution in [0.4, 0.5) is 0 Å². The Hall–Kier alpha value is 2.03. The van der Waals surface area contributed by atoms with Crippen LogP contribution in [-0.2, 0) is 40.8 Å². The smallest absolute Gasteiger partial charge is 0 e. The molecule has 0 unspecified atom stereocenters. The van der Waals surface area contributed by atoms with Gasteiger partial charge in [-0.2, -0.15) is 0 Å². The van der Waals surface area contributed by atoms with Crippen LogP contribution in [0.2, 0.25) is 0 Å². The Morgan fingerprint density at radius 2 is 1.25 bits per heavy atom. The van der Waals surface area contributed by atoms with Gasteiger partial charge in [0.15, 0.2) is 0 Å². The molecule has 0 spiro atoms. The second-order valence-electron chi connectivity index (χ2n) is 0.0431. The average Bonchev–Trinajstić information content (AvgIpc) is 0.918. The van der Waals surface area contributed by atoms with Crippen LogP contribution in [-0.4, -0.2) is 0 Å². The molecule has 0 aromatic rings. The molecule has 4 heteroatoms. The Morgan fingerprint density at radius 3 is 1.25 bits per heavy atom. The molecule has 0 fully saturated rings. The first kappa shape index (κ1) is 9.40. The van der Waals surface area contributed by atoms with Gasteiger partial charge in [0.2, 0.25) is 0 Å². The third-order valence-corrected chi connectivity index (χ3v) is 0. The van der Waals surface area contributed by atoms with Gasteiger partial charge < -0.3 is 0 Å².